The van der Waals surface area contributed by atoms with E-state index in [9.17, 15) is 4.79 Å². The zero-order valence-corrected chi connectivity index (χ0v) is 17.4. The van der Waals surface area contributed by atoms with Gasteiger partial charge < -0.3 is 15.4 Å². The van der Waals surface area contributed by atoms with Crippen LogP contribution in [0.2, 0.25) is 5.02 Å². The van der Waals surface area contributed by atoms with Gasteiger partial charge >= 0.3 is 0 Å². The zero-order chi connectivity index (χ0) is 20.8. The molecule has 30 heavy (non-hydrogen) atoms. The summed E-state index contributed by atoms with van der Waals surface area (Å²) in [5.41, 5.74) is 3.09. The van der Waals surface area contributed by atoms with Gasteiger partial charge in [0, 0.05) is 33.5 Å². The van der Waals surface area contributed by atoms with Crippen LogP contribution in [-0.2, 0) is 6.61 Å². The molecule has 0 fully saturated rings. The first kappa shape index (κ1) is 19.9. The summed E-state index contributed by atoms with van der Waals surface area (Å²) in [5.74, 6) is 0.533. The van der Waals surface area contributed by atoms with Gasteiger partial charge in [0.1, 0.15) is 12.4 Å². The van der Waals surface area contributed by atoms with Crippen molar-refractivity contribution in [1.82, 2.24) is 4.98 Å². The summed E-state index contributed by atoms with van der Waals surface area (Å²) in [6, 6.07) is 22.1. The number of hydrogen-bond donors (Lipinski definition) is 2. The lowest BCUT2D eigenvalue weighted by molar-refractivity contribution is 0.102. The minimum atomic E-state index is -0.187. The van der Waals surface area contributed by atoms with Crippen molar-refractivity contribution in [3.05, 3.63) is 101 Å². The summed E-state index contributed by atoms with van der Waals surface area (Å²) in [5, 5.41) is 9.45. The molecule has 1 amide bonds. The fourth-order valence-electron chi connectivity index (χ4n) is 2.73. The van der Waals surface area contributed by atoms with Crippen LogP contribution in [0.15, 0.2) is 84.4 Å². The SMILES string of the molecule is O=C(Nc1ccc(OCc2ccc(Cl)cc2)cc1)c1cccc(Nc2nccs2)c1. The molecular formula is C23H18ClN3O2S. The highest BCUT2D eigenvalue weighted by molar-refractivity contribution is 7.13. The van der Waals surface area contributed by atoms with Crippen LogP contribution in [-0.4, -0.2) is 10.9 Å². The van der Waals surface area contributed by atoms with Crippen molar-refractivity contribution in [2.24, 2.45) is 0 Å². The van der Waals surface area contributed by atoms with Gasteiger partial charge in [-0.25, -0.2) is 4.98 Å². The number of hydrogen-bond acceptors (Lipinski definition) is 5. The molecule has 3 aromatic carbocycles. The van der Waals surface area contributed by atoms with E-state index in [1.165, 1.54) is 11.3 Å². The lowest BCUT2D eigenvalue weighted by atomic mass is 10.2. The van der Waals surface area contributed by atoms with Crippen LogP contribution in [0, 0.1) is 0 Å². The fraction of sp³-hybridized carbons (Fsp3) is 0.0435. The van der Waals surface area contributed by atoms with Gasteiger partial charge in [0.05, 0.1) is 0 Å². The van der Waals surface area contributed by atoms with Gasteiger partial charge in [-0.1, -0.05) is 29.8 Å². The Morgan fingerprint density at radius 1 is 1.00 bits per heavy atom. The third kappa shape index (κ3) is 5.37. The highest BCUT2D eigenvalue weighted by Gasteiger charge is 2.08. The summed E-state index contributed by atoms with van der Waals surface area (Å²) in [6.07, 6.45) is 1.73. The van der Waals surface area contributed by atoms with Crippen molar-refractivity contribution in [1.29, 1.82) is 0 Å². The number of nitrogens with zero attached hydrogens (tertiary/aromatic N) is 1. The number of halogens is 1. The Morgan fingerprint density at radius 2 is 1.80 bits per heavy atom. The molecule has 0 radical (unpaired) electrons. The second kappa shape index (κ2) is 9.43. The quantitative estimate of drug-likeness (QED) is 0.354. The van der Waals surface area contributed by atoms with E-state index in [-0.39, 0.29) is 5.91 Å². The third-order valence-corrected chi connectivity index (χ3v) is 5.18. The normalized spacial score (nSPS) is 10.4. The molecule has 150 valence electrons. The van der Waals surface area contributed by atoms with Crippen molar-refractivity contribution >= 4 is 45.4 Å². The molecular weight excluding hydrogens is 418 g/mol. The number of benzene rings is 3. The monoisotopic (exact) mass is 435 g/mol. The summed E-state index contributed by atoms with van der Waals surface area (Å²) >= 11 is 7.39. The molecule has 0 unspecified atom stereocenters. The number of ether oxygens (including phenoxy) is 1. The number of thiazole rings is 1. The maximum Gasteiger partial charge on any atom is 0.255 e. The molecule has 4 aromatic rings. The van der Waals surface area contributed by atoms with Gasteiger partial charge in [-0.15, -0.1) is 11.3 Å². The molecule has 0 aliphatic heterocycles. The number of carbonyl (C=O) groups is 1. The molecule has 1 heterocycles. The lowest BCUT2D eigenvalue weighted by Crippen LogP contribution is -2.12. The smallest absolute Gasteiger partial charge is 0.255 e. The largest absolute Gasteiger partial charge is 0.489 e. The molecule has 0 saturated heterocycles. The van der Waals surface area contributed by atoms with E-state index < -0.39 is 0 Å². The first-order chi connectivity index (χ1) is 14.7. The maximum atomic E-state index is 12.6. The molecule has 4 rings (SSSR count). The van der Waals surface area contributed by atoms with E-state index in [0.717, 1.165) is 22.1 Å². The van der Waals surface area contributed by atoms with Crippen molar-refractivity contribution in [2.45, 2.75) is 6.61 Å². The van der Waals surface area contributed by atoms with Gasteiger partial charge in [0.25, 0.3) is 5.91 Å². The summed E-state index contributed by atoms with van der Waals surface area (Å²) in [7, 11) is 0. The van der Waals surface area contributed by atoms with E-state index in [1.807, 2.05) is 66.0 Å². The number of anilines is 3. The van der Waals surface area contributed by atoms with Crippen LogP contribution < -0.4 is 15.4 Å². The van der Waals surface area contributed by atoms with E-state index in [0.29, 0.717) is 22.9 Å². The van der Waals surface area contributed by atoms with E-state index in [4.69, 9.17) is 16.3 Å². The molecule has 0 bridgehead atoms. The zero-order valence-electron chi connectivity index (χ0n) is 15.8. The van der Waals surface area contributed by atoms with Gasteiger partial charge in [0.15, 0.2) is 5.13 Å². The second-order valence-corrected chi connectivity index (χ2v) is 7.77. The average molecular weight is 436 g/mol. The second-order valence-electron chi connectivity index (χ2n) is 6.44. The van der Waals surface area contributed by atoms with Crippen molar-refractivity contribution in [2.75, 3.05) is 10.6 Å². The van der Waals surface area contributed by atoms with Crippen LogP contribution in [0.1, 0.15) is 15.9 Å². The maximum absolute atomic E-state index is 12.6. The molecule has 2 N–H and O–H groups in total. The minimum absolute atomic E-state index is 0.187. The third-order valence-electron chi connectivity index (χ3n) is 4.24. The van der Waals surface area contributed by atoms with E-state index in [1.54, 1.807) is 18.3 Å². The Bertz CT molecular complexity index is 1110. The van der Waals surface area contributed by atoms with Crippen LogP contribution in [0.25, 0.3) is 0 Å². The number of aromatic nitrogens is 1. The van der Waals surface area contributed by atoms with E-state index in [2.05, 4.69) is 15.6 Å². The highest BCUT2D eigenvalue weighted by Crippen LogP contribution is 2.21. The van der Waals surface area contributed by atoms with Gasteiger partial charge in [-0.2, -0.15) is 0 Å². The van der Waals surface area contributed by atoms with Crippen LogP contribution in [0.4, 0.5) is 16.5 Å². The Hall–Kier alpha value is -3.35. The Kier molecular flexibility index (Phi) is 6.27. The van der Waals surface area contributed by atoms with Crippen molar-refractivity contribution in [3.8, 4) is 5.75 Å². The van der Waals surface area contributed by atoms with Crippen LogP contribution >= 0.6 is 22.9 Å². The van der Waals surface area contributed by atoms with Gasteiger partial charge in [0.2, 0.25) is 0 Å². The van der Waals surface area contributed by atoms with Gasteiger partial charge in [-0.3, -0.25) is 4.79 Å². The molecule has 5 nitrogen and oxygen atoms in total. The minimum Gasteiger partial charge on any atom is -0.489 e. The first-order valence-electron chi connectivity index (χ1n) is 9.21. The average Bonchev–Trinajstić information content (AvgIpc) is 3.27. The standard InChI is InChI=1S/C23H18ClN3O2S/c24-18-6-4-16(5-7-18)15-29-21-10-8-19(9-11-21)26-22(28)17-2-1-3-20(14-17)27-23-25-12-13-30-23/h1-14H,15H2,(H,25,27)(H,26,28). The predicted molar refractivity (Wildman–Crippen MR) is 122 cm³/mol. The molecule has 7 heteroatoms. The molecule has 0 aliphatic rings. The highest BCUT2D eigenvalue weighted by atomic mass is 35.5. The lowest BCUT2D eigenvalue weighted by Gasteiger charge is -2.09. The van der Waals surface area contributed by atoms with Crippen LogP contribution in [0.5, 0.6) is 5.75 Å². The van der Waals surface area contributed by atoms with E-state index >= 15 is 0 Å². The van der Waals surface area contributed by atoms with Crippen molar-refractivity contribution in [3.63, 3.8) is 0 Å². The molecule has 0 saturated carbocycles. The molecule has 0 atom stereocenters. The molecule has 1 aromatic heterocycles. The number of nitrogens with one attached hydrogen (secondary N) is 2. The molecule has 0 spiro atoms. The predicted octanol–water partition coefficient (Wildman–Crippen LogP) is 6.37. The Morgan fingerprint density at radius 3 is 2.53 bits per heavy atom. The summed E-state index contributed by atoms with van der Waals surface area (Å²) in [6.45, 7) is 0.446. The Labute approximate surface area is 183 Å². The summed E-state index contributed by atoms with van der Waals surface area (Å²) < 4.78 is 5.77. The molecule has 0 aliphatic carbocycles. The number of amides is 1. The van der Waals surface area contributed by atoms with Gasteiger partial charge in [-0.05, 0) is 60.2 Å². The van der Waals surface area contributed by atoms with Crippen LogP contribution in [0.3, 0.4) is 0 Å². The number of carbonyl (C=O) groups excluding carboxylic acids is 1. The number of rotatable bonds is 7. The summed E-state index contributed by atoms with van der Waals surface area (Å²) in [4.78, 5) is 16.8. The fourth-order valence-corrected chi connectivity index (χ4v) is 3.41. The van der Waals surface area contributed by atoms with Crippen molar-refractivity contribution < 1.29 is 9.53 Å². The first-order valence-corrected chi connectivity index (χ1v) is 10.5. The Balaban J connectivity index is 1.34. The topological polar surface area (TPSA) is 63.2 Å².